The molecule has 1 aromatic rings. The van der Waals surface area contributed by atoms with Gasteiger partial charge in [-0.15, -0.1) is 0 Å². The van der Waals surface area contributed by atoms with E-state index >= 15 is 0 Å². The Kier molecular flexibility index (Phi) is 4.79. The minimum atomic E-state index is -0.292. The maximum Gasteiger partial charge on any atom is 0.0697 e. The van der Waals surface area contributed by atoms with Gasteiger partial charge >= 0.3 is 0 Å². The van der Waals surface area contributed by atoms with Gasteiger partial charge in [0.15, 0.2) is 0 Å². The summed E-state index contributed by atoms with van der Waals surface area (Å²) in [6.07, 6.45) is 0.957. The number of rotatable bonds is 5. The summed E-state index contributed by atoms with van der Waals surface area (Å²) in [6.45, 7) is 5.47. The van der Waals surface area contributed by atoms with Crippen molar-refractivity contribution in [3.63, 3.8) is 0 Å². The van der Waals surface area contributed by atoms with Crippen LogP contribution < -0.4 is 5.32 Å². The largest absolute Gasteiger partial charge is 0.315 e. The predicted molar refractivity (Wildman–Crippen MR) is 67.4 cm³/mol. The standard InChI is InChI=1S/C13H17ClN2/c1-13(2,9-15)10-16-8-7-11-3-5-12(14)6-4-11/h3-6,16H,7-8,10H2,1-2H3. The summed E-state index contributed by atoms with van der Waals surface area (Å²) < 4.78 is 0. The summed E-state index contributed by atoms with van der Waals surface area (Å²) >= 11 is 5.80. The van der Waals surface area contributed by atoms with Gasteiger partial charge in [-0.25, -0.2) is 0 Å². The highest BCUT2D eigenvalue weighted by Crippen LogP contribution is 2.11. The molecule has 86 valence electrons. The predicted octanol–water partition coefficient (Wildman–Crippen LogP) is 3.02. The van der Waals surface area contributed by atoms with Gasteiger partial charge in [-0.05, 0) is 44.5 Å². The number of halogens is 1. The van der Waals surface area contributed by atoms with E-state index in [0.29, 0.717) is 0 Å². The molecule has 0 bridgehead atoms. The number of benzene rings is 1. The number of nitrogens with one attached hydrogen (secondary N) is 1. The summed E-state index contributed by atoms with van der Waals surface area (Å²) in [5.41, 5.74) is 0.964. The van der Waals surface area contributed by atoms with Crippen LogP contribution in [-0.4, -0.2) is 13.1 Å². The lowest BCUT2D eigenvalue weighted by Gasteiger charge is -2.15. The van der Waals surface area contributed by atoms with E-state index in [1.165, 1.54) is 5.56 Å². The highest BCUT2D eigenvalue weighted by molar-refractivity contribution is 6.30. The molecular formula is C13H17ClN2. The number of nitrogens with zero attached hydrogens (tertiary/aromatic N) is 1. The van der Waals surface area contributed by atoms with Crippen LogP contribution >= 0.6 is 11.6 Å². The van der Waals surface area contributed by atoms with Crippen molar-refractivity contribution in [3.05, 3.63) is 34.9 Å². The molecular weight excluding hydrogens is 220 g/mol. The Morgan fingerprint density at radius 2 is 1.94 bits per heavy atom. The van der Waals surface area contributed by atoms with Gasteiger partial charge in [0.2, 0.25) is 0 Å². The van der Waals surface area contributed by atoms with Gasteiger partial charge in [0.1, 0.15) is 0 Å². The van der Waals surface area contributed by atoms with E-state index in [4.69, 9.17) is 16.9 Å². The molecule has 0 unspecified atom stereocenters. The van der Waals surface area contributed by atoms with Crippen LogP contribution in [0.2, 0.25) is 5.02 Å². The van der Waals surface area contributed by atoms with Gasteiger partial charge in [-0.1, -0.05) is 23.7 Å². The Morgan fingerprint density at radius 3 is 2.50 bits per heavy atom. The topological polar surface area (TPSA) is 35.8 Å². The Labute approximate surface area is 102 Å². The SMILES string of the molecule is CC(C)(C#N)CNCCc1ccc(Cl)cc1. The van der Waals surface area contributed by atoms with E-state index in [0.717, 1.165) is 24.5 Å². The van der Waals surface area contributed by atoms with Crippen molar-refractivity contribution in [1.82, 2.24) is 5.32 Å². The van der Waals surface area contributed by atoms with Crippen molar-refractivity contribution in [2.24, 2.45) is 5.41 Å². The highest BCUT2D eigenvalue weighted by Gasteiger charge is 2.14. The van der Waals surface area contributed by atoms with E-state index in [1.54, 1.807) is 0 Å². The van der Waals surface area contributed by atoms with Crippen LogP contribution in [0.3, 0.4) is 0 Å². The zero-order valence-electron chi connectivity index (χ0n) is 9.76. The molecule has 2 nitrogen and oxygen atoms in total. The van der Waals surface area contributed by atoms with E-state index in [2.05, 4.69) is 11.4 Å². The van der Waals surface area contributed by atoms with Gasteiger partial charge in [-0.3, -0.25) is 0 Å². The molecule has 0 aliphatic carbocycles. The van der Waals surface area contributed by atoms with Crippen LogP contribution in [-0.2, 0) is 6.42 Å². The molecule has 0 heterocycles. The normalized spacial score (nSPS) is 11.1. The van der Waals surface area contributed by atoms with Gasteiger partial charge in [0, 0.05) is 11.6 Å². The van der Waals surface area contributed by atoms with E-state index in [-0.39, 0.29) is 5.41 Å². The lowest BCUT2D eigenvalue weighted by molar-refractivity contribution is 0.447. The minimum Gasteiger partial charge on any atom is -0.315 e. The number of hydrogen-bond acceptors (Lipinski definition) is 2. The molecule has 16 heavy (non-hydrogen) atoms. The van der Waals surface area contributed by atoms with Gasteiger partial charge < -0.3 is 5.32 Å². The first-order valence-electron chi connectivity index (χ1n) is 5.40. The second-order valence-corrected chi connectivity index (χ2v) is 4.99. The molecule has 0 amide bonds. The Balaban J connectivity index is 2.27. The first-order chi connectivity index (χ1) is 7.53. The average Bonchev–Trinajstić information content (AvgIpc) is 2.27. The first kappa shape index (κ1) is 13.0. The van der Waals surface area contributed by atoms with Crippen LogP contribution in [0, 0.1) is 16.7 Å². The molecule has 0 spiro atoms. The maximum atomic E-state index is 8.84. The van der Waals surface area contributed by atoms with Crippen molar-refractivity contribution in [3.8, 4) is 6.07 Å². The third kappa shape index (κ3) is 4.65. The lowest BCUT2D eigenvalue weighted by atomic mass is 9.96. The monoisotopic (exact) mass is 236 g/mol. The zero-order chi connectivity index (χ0) is 12.0. The lowest BCUT2D eigenvalue weighted by Crippen LogP contribution is -2.29. The van der Waals surface area contributed by atoms with Crippen molar-refractivity contribution in [2.75, 3.05) is 13.1 Å². The molecule has 0 aromatic heterocycles. The first-order valence-corrected chi connectivity index (χ1v) is 5.78. The minimum absolute atomic E-state index is 0.292. The van der Waals surface area contributed by atoms with Crippen LogP contribution in [0.5, 0.6) is 0 Å². The molecule has 1 aromatic carbocycles. The van der Waals surface area contributed by atoms with Crippen molar-refractivity contribution < 1.29 is 0 Å². The third-order valence-electron chi connectivity index (χ3n) is 2.37. The van der Waals surface area contributed by atoms with E-state index < -0.39 is 0 Å². The molecule has 1 N–H and O–H groups in total. The fourth-order valence-electron chi connectivity index (χ4n) is 1.32. The number of hydrogen-bond donors (Lipinski definition) is 1. The molecule has 0 atom stereocenters. The Bertz CT molecular complexity index is 363. The molecule has 0 fully saturated rings. The van der Waals surface area contributed by atoms with Gasteiger partial charge in [0.05, 0.1) is 11.5 Å². The summed E-state index contributed by atoms with van der Waals surface area (Å²) in [4.78, 5) is 0. The summed E-state index contributed by atoms with van der Waals surface area (Å²) in [6, 6.07) is 10.1. The quantitative estimate of drug-likeness (QED) is 0.798. The molecule has 3 heteroatoms. The fourth-order valence-corrected chi connectivity index (χ4v) is 1.45. The van der Waals surface area contributed by atoms with Gasteiger partial charge in [0.25, 0.3) is 0 Å². The van der Waals surface area contributed by atoms with Crippen molar-refractivity contribution in [2.45, 2.75) is 20.3 Å². The molecule has 0 saturated carbocycles. The Morgan fingerprint density at radius 1 is 1.31 bits per heavy atom. The Hall–Kier alpha value is -1.04. The van der Waals surface area contributed by atoms with Crippen molar-refractivity contribution in [1.29, 1.82) is 5.26 Å². The number of nitriles is 1. The smallest absolute Gasteiger partial charge is 0.0697 e. The second-order valence-electron chi connectivity index (χ2n) is 4.55. The van der Waals surface area contributed by atoms with Crippen LogP contribution in [0.15, 0.2) is 24.3 Å². The molecule has 0 aliphatic rings. The molecule has 1 rings (SSSR count). The summed E-state index contributed by atoms with van der Waals surface area (Å²) in [5.74, 6) is 0. The summed E-state index contributed by atoms with van der Waals surface area (Å²) in [5, 5.41) is 12.9. The van der Waals surface area contributed by atoms with E-state index in [1.807, 2.05) is 38.1 Å². The van der Waals surface area contributed by atoms with E-state index in [9.17, 15) is 0 Å². The molecule has 0 saturated heterocycles. The molecule has 0 aliphatic heterocycles. The molecule has 0 radical (unpaired) electrons. The second kappa shape index (κ2) is 5.89. The average molecular weight is 237 g/mol. The van der Waals surface area contributed by atoms with Crippen LogP contribution in [0.25, 0.3) is 0 Å². The fraction of sp³-hybridized carbons (Fsp3) is 0.462. The summed E-state index contributed by atoms with van der Waals surface area (Å²) in [7, 11) is 0. The van der Waals surface area contributed by atoms with Gasteiger partial charge in [-0.2, -0.15) is 5.26 Å². The highest BCUT2D eigenvalue weighted by atomic mass is 35.5. The van der Waals surface area contributed by atoms with Crippen molar-refractivity contribution >= 4 is 11.6 Å². The van der Waals surface area contributed by atoms with Crippen LogP contribution in [0.1, 0.15) is 19.4 Å². The zero-order valence-corrected chi connectivity index (χ0v) is 10.5. The third-order valence-corrected chi connectivity index (χ3v) is 2.63. The van der Waals surface area contributed by atoms with Crippen LogP contribution in [0.4, 0.5) is 0 Å². The maximum absolute atomic E-state index is 8.84.